The molecule has 0 unspecified atom stereocenters. The zero-order chi connectivity index (χ0) is 24.3. The quantitative estimate of drug-likeness (QED) is 0.535. The van der Waals surface area contributed by atoms with Gasteiger partial charge in [0.15, 0.2) is 0 Å². The Morgan fingerprint density at radius 1 is 0.889 bits per heavy atom. The number of anilines is 1. The van der Waals surface area contributed by atoms with E-state index in [4.69, 9.17) is 14.2 Å². The van der Waals surface area contributed by atoms with E-state index in [0.717, 1.165) is 82.2 Å². The zero-order valence-electron chi connectivity index (χ0n) is 20.6. The lowest BCUT2D eigenvalue weighted by atomic mass is 10.0. The first-order valence-electron chi connectivity index (χ1n) is 13.1. The van der Waals surface area contributed by atoms with Crippen LogP contribution in [0.4, 0.5) is 5.82 Å². The molecule has 7 nitrogen and oxygen atoms in total. The van der Waals surface area contributed by atoms with Crippen LogP contribution in [0.3, 0.4) is 0 Å². The van der Waals surface area contributed by atoms with Crippen molar-refractivity contribution in [1.82, 2.24) is 9.88 Å². The molecule has 0 aliphatic carbocycles. The van der Waals surface area contributed by atoms with Crippen molar-refractivity contribution < 1.29 is 19.0 Å². The first kappa shape index (κ1) is 23.3. The third-order valence-corrected chi connectivity index (χ3v) is 7.50. The van der Waals surface area contributed by atoms with E-state index in [0.29, 0.717) is 6.61 Å². The van der Waals surface area contributed by atoms with Gasteiger partial charge in [0, 0.05) is 57.2 Å². The fraction of sp³-hybridized carbons (Fsp3) is 0.448. The number of piperidine rings is 1. The smallest absolute Gasteiger partial charge is 0.251 e. The van der Waals surface area contributed by atoms with Crippen LogP contribution in [0, 0.1) is 0 Å². The third kappa shape index (κ3) is 4.90. The Morgan fingerprint density at radius 3 is 2.42 bits per heavy atom. The highest BCUT2D eigenvalue weighted by atomic mass is 16.5. The average molecular weight is 488 g/mol. The number of ether oxygens (including phenoxy) is 3. The van der Waals surface area contributed by atoms with Gasteiger partial charge in [-0.2, -0.15) is 0 Å². The second-order valence-corrected chi connectivity index (χ2v) is 9.84. The summed E-state index contributed by atoms with van der Waals surface area (Å²) in [5.74, 6) is 2.07. The number of nitrogens with zero attached hydrogens (tertiary/aromatic N) is 3. The molecule has 3 aliphatic rings. The van der Waals surface area contributed by atoms with Crippen LogP contribution in [0.5, 0.6) is 5.75 Å². The summed E-state index contributed by atoms with van der Waals surface area (Å²) in [7, 11) is 0. The van der Waals surface area contributed by atoms with E-state index in [1.54, 1.807) is 0 Å². The number of carbonyl (C=O) groups is 1. The first-order valence-corrected chi connectivity index (χ1v) is 13.1. The third-order valence-electron chi connectivity index (χ3n) is 7.50. The number of pyridine rings is 1. The Bertz CT molecular complexity index is 1190. The Hall–Kier alpha value is -3.16. The number of benzene rings is 2. The maximum absolute atomic E-state index is 12.6. The van der Waals surface area contributed by atoms with Crippen LogP contribution in [0.15, 0.2) is 54.7 Å². The molecule has 3 aliphatic heterocycles. The number of likely N-dealkylation sites (tertiary alicyclic amines) is 1. The molecular formula is C29H33N3O4. The molecule has 0 bridgehead atoms. The summed E-state index contributed by atoms with van der Waals surface area (Å²) in [5, 5.41) is 2.36. The van der Waals surface area contributed by atoms with Crippen LogP contribution in [0.2, 0.25) is 0 Å². The van der Waals surface area contributed by atoms with Crippen molar-refractivity contribution in [2.45, 2.75) is 37.9 Å². The van der Waals surface area contributed by atoms with E-state index in [1.807, 2.05) is 11.1 Å². The molecule has 4 heterocycles. The average Bonchev–Trinajstić information content (AvgIpc) is 3.49. The molecule has 3 saturated heterocycles. The summed E-state index contributed by atoms with van der Waals surface area (Å²) in [6.07, 6.45) is 5.34. The lowest BCUT2D eigenvalue weighted by Gasteiger charge is -2.33. The number of fused-ring (bicyclic) bond motifs is 1. The number of hydrogen-bond acceptors (Lipinski definition) is 6. The minimum Gasteiger partial charge on any atom is -0.490 e. The van der Waals surface area contributed by atoms with E-state index < -0.39 is 0 Å². The summed E-state index contributed by atoms with van der Waals surface area (Å²) in [4.78, 5) is 21.5. The molecule has 0 radical (unpaired) electrons. The van der Waals surface area contributed by atoms with Crippen LogP contribution in [-0.4, -0.2) is 74.0 Å². The van der Waals surface area contributed by atoms with Gasteiger partial charge in [-0.1, -0.05) is 24.3 Å². The van der Waals surface area contributed by atoms with Crippen molar-refractivity contribution in [1.29, 1.82) is 0 Å². The Labute approximate surface area is 212 Å². The van der Waals surface area contributed by atoms with Crippen LogP contribution >= 0.6 is 0 Å². The molecule has 188 valence electrons. The van der Waals surface area contributed by atoms with Gasteiger partial charge in [-0.15, -0.1) is 0 Å². The molecule has 36 heavy (non-hydrogen) atoms. The topological polar surface area (TPSA) is 64.1 Å². The van der Waals surface area contributed by atoms with Crippen molar-refractivity contribution in [2.75, 3.05) is 50.9 Å². The molecule has 6 rings (SSSR count). The number of carbonyl (C=O) groups excluding carboxylic acids is 1. The van der Waals surface area contributed by atoms with Gasteiger partial charge in [0.25, 0.3) is 5.91 Å². The van der Waals surface area contributed by atoms with Gasteiger partial charge < -0.3 is 24.0 Å². The molecule has 0 spiro atoms. The van der Waals surface area contributed by atoms with Gasteiger partial charge in [0.05, 0.1) is 13.2 Å². The fourth-order valence-electron chi connectivity index (χ4n) is 5.46. The van der Waals surface area contributed by atoms with Crippen LogP contribution in [0.25, 0.3) is 21.9 Å². The van der Waals surface area contributed by atoms with Gasteiger partial charge in [0.2, 0.25) is 0 Å². The van der Waals surface area contributed by atoms with E-state index in [9.17, 15) is 4.79 Å². The fourth-order valence-corrected chi connectivity index (χ4v) is 5.46. The number of amides is 1. The lowest BCUT2D eigenvalue weighted by molar-refractivity contribution is -0.142. The summed E-state index contributed by atoms with van der Waals surface area (Å²) >= 11 is 0. The predicted octanol–water partition coefficient (Wildman–Crippen LogP) is 4.29. The van der Waals surface area contributed by atoms with Gasteiger partial charge in [-0.3, -0.25) is 4.79 Å². The molecule has 3 fully saturated rings. The van der Waals surface area contributed by atoms with Crippen molar-refractivity contribution in [3.63, 3.8) is 0 Å². The van der Waals surface area contributed by atoms with Crippen LogP contribution in [-0.2, 0) is 14.3 Å². The van der Waals surface area contributed by atoms with Gasteiger partial charge >= 0.3 is 0 Å². The van der Waals surface area contributed by atoms with Crippen molar-refractivity contribution in [2.24, 2.45) is 0 Å². The Balaban J connectivity index is 1.09. The summed E-state index contributed by atoms with van der Waals surface area (Å²) < 4.78 is 17.3. The maximum atomic E-state index is 12.6. The zero-order valence-corrected chi connectivity index (χ0v) is 20.6. The summed E-state index contributed by atoms with van der Waals surface area (Å²) in [5.41, 5.74) is 2.33. The molecule has 1 amide bonds. The molecule has 3 aromatic rings. The molecular weight excluding hydrogens is 454 g/mol. The van der Waals surface area contributed by atoms with Crippen molar-refractivity contribution >= 4 is 22.5 Å². The molecule has 1 atom stereocenters. The van der Waals surface area contributed by atoms with Gasteiger partial charge in [-0.05, 0) is 53.6 Å². The standard InChI is InChI=1S/C29H33N3O4/c33-29(27-2-1-17-35-27)32-13-10-25(11-14-32)36-24-6-3-21(4-7-24)22-5-8-26-23(20-22)9-12-30-28(26)31-15-18-34-19-16-31/h3-9,12,20,25,27H,1-2,10-11,13-19H2/t27-/m1/s1. The summed E-state index contributed by atoms with van der Waals surface area (Å²) in [6.45, 7) is 5.42. The van der Waals surface area contributed by atoms with Crippen LogP contribution in [0.1, 0.15) is 25.7 Å². The second-order valence-electron chi connectivity index (χ2n) is 9.84. The van der Waals surface area contributed by atoms with E-state index in [2.05, 4.69) is 58.4 Å². The minimum atomic E-state index is -0.229. The largest absolute Gasteiger partial charge is 0.490 e. The SMILES string of the molecule is O=C([C@H]1CCCO1)N1CCC(Oc2ccc(-c3ccc4c(N5CCOCC5)nccc4c3)cc2)CC1. The normalized spacial score (nSPS) is 21.2. The number of aromatic nitrogens is 1. The highest BCUT2D eigenvalue weighted by molar-refractivity contribution is 5.95. The molecule has 1 aromatic heterocycles. The monoisotopic (exact) mass is 487 g/mol. The highest BCUT2D eigenvalue weighted by Crippen LogP contribution is 2.31. The van der Waals surface area contributed by atoms with E-state index in [-0.39, 0.29) is 18.1 Å². The van der Waals surface area contributed by atoms with Gasteiger partial charge in [-0.25, -0.2) is 4.98 Å². The lowest BCUT2D eigenvalue weighted by Crippen LogP contribution is -2.45. The first-order chi connectivity index (χ1) is 17.7. The molecule has 0 N–H and O–H groups in total. The van der Waals surface area contributed by atoms with Crippen LogP contribution < -0.4 is 9.64 Å². The highest BCUT2D eigenvalue weighted by Gasteiger charge is 2.31. The molecule has 0 saturated carbocycles. The minimum absolute atomic E-state index is 0.135. The molecule has 7 heteroatoms. The molecule has 2 aromatic carbocycles. The van der Waals surface area contributed by atoms with E-state index >= 15 is 0 Å². The number of morpholine rings is 1. The summed E-state index contributed by atoms with van der Waals surface area (Å²) in [6, 6.07) is 17.0. The van der Waals surface area contributed by atoms with Crippen molar-refractivity contribution in [3.05, 3.63) is 54.7 Å². The second kappa shape index (κ2) is 10.4. The van der Waals surface area contributed by atoms with E-state index in [1.165, 1.54) is 16.3 Å². The number of rotatable bonds is 5. The van der Waals surface area contributed by atoms with Crippen molar-refractivity contribution in [3.8, 4) is 16.9 Å². The predicted molar refractivity (Wildman–Crippen MR) is 139 cm³/mol. The maximum Gasteiger partial charge on any atom is 0.251 e. The number of hydrogen-bond donors (Lipinski definition) is 0. The van der Waals surface area contributed by atoms with Gasteiger partial charge in [0.1, 0.15) is 23.8 Å². The Kier molecular flexibility index (Phi) is 6.75. The Morgan fingerprint density at radius 2 is 1.67 bits per heavy atom.